The molecule has 0 spiro atoms. The molecule has 0 saturated carbocycles. The van der Waals surface area contributed by atoms with Crippen molar-refractivity contribution in [1.29, 1.82) is 0 Å². The quantitative estimate of drug-likeness (QED) is 0.717. The van der Waals surface area contributed by atoms with Crippen LogP contribution < -0.4 is 5.73 Å². The fourth-order valence-corrected chi connectivity index (χ4v) is 3.27. The molecule has 7 nitrogen and oxygen atoms in total. The van der Waals surface area contributed by atoms with E-state index in [1.54, 1.807) is 28.0 Å². The highest BCUT2D eigenvalue weighted by Crippen LogP contribution is 2.17. The van der Waals surface area contributed by atoms with Crippen molar-refractivity contribution in [2.24, 2.45) is 0 Å². The summed E-state index contributed by atoms with van der Waals surface area (Å²) in [6, 6.07) is 12.7. The molecular formula is C20H20N4O3. The minimum Gasteiger partial charge on any atom is -0.459 e. The Hall–Kier alpha value is -3.35. The molecule has 2 aromatic heterocycles. The zero-order valence-corrected chi connectivity index (χ0v) is 14.8. The van der Waals surface area contributed by atoms with Gasteiger partial charge in [0.15, 0.2) is 5.76 Å². The van der Waals surface area contributed by atoms with Gasteiger partial charge in [-0.1, -0.05) is 6.07 Å². The fourth-order valence-electron chi connectivity index (χ4n) is 3.27. The van der Waals surface area contributed by atoms with Crippen LogP contribution in [0, 0.1) is 0 Å². The van der Waals surface area contributed by atoms with Crippen LogP contribution in [0.15, 0.2) is 53.1 Å². The van der Waals surface area contributed by atoms with Crippen molar-refractivity contribution in [2.75, 3.05) is 31.9 Å². The normalized spacial score (nSPS) is 14.5. The van der Waals surface area contributed by atoms with E-state index in [-0.39, 0.29) is 18.2 Å². The number of pyridine rings is 1. The van der Waals surface area contributed by atoms with E-state index in [4.69, 9.17) is 10.2 Å². The van der Waals surface area contributed by atoms with Crippen LogP contribution in [-0.2, 0) is 11.2 Å². The summed E-state index contributed by atoms with van der Waals surface area (Å²) in [5.74, 6) is 0.209. The van der Waals surface area contributed by atoms with E-state index in [2.05, 4.69) is 4.98 Å². The Morgan fingerprint density at radius 2 is 1.81 bits per heavy atom. The number of amides is 2. The lowest BCUT2D eigenvalue weighted by Gasteiger charge is -2.34. The van der Waals surface area contributed by atoms with Crippen molar-refractivity contribution in [2.45, 2.75) is 6.42 Å². The zero-order chi connectivity index (χ0) is 18.8. The van der Waals surface area contributed by atoms with Crippen LogP contribution in [0.1, 0.15) is 16.2 Å². The molecule has 0 aliphatic carbocycles. The molecule has 0 bridgehead atoms. The predicted octanol–water partition coefficient (Wildman–Crippen LogP) is 1.94. The number of nitrogens with zero attached hydrogens (tertiary/aromatic N) is 3. The summed E-state index contributed by atoms with van der Waals surface area (Å²) in [7, 11) is 0. The molecule has 1 aliphatic heterocycles. The lowest BCUT2D eigenvalue weighted by atomic mass is 10.1. The first-order valence-electron chi connectivity index (χ1n) is 8.86. The number of fused-ring (bicyclic) bond motifs is 1. The standard InChI is InChI=1S/C20H20N4O3/c21-15-4-6-17-14(12-15)3-5-16(22-17)13-19(25)23-7-9-24(10-8-23)20(26)18-2-1-11-27-18/h1-6,11-12H,7-10,13,21H2. The number of hydrogen-bond acceptors (Lipinski definition) is 5. The Morgan fingerprint density at radius 1 is 1.04 bits per heavy atom. The summed E-state index contributed by atoms with van der Waals surface area (Å²) in [5.41, 5.74) is 8.02. The minimum absolute atomic E-state index is 0.0161. The number of hydrogen-bond donors (Lipinski definition) is 1. The van der Waals surface area contributed by atoms with Gasteiger partial charge in [-0.25, -0.2) is 0 Å². The molecule has 3 heterocycles. The van der Waals surface area contributed by atoms with Crippen molar-refractivity contribution in [3.05, 3.63) is 60.2 Å². The first kappa shape index (κ1) is 17.1. The maximum absolute atomic E-state index is 12.6. The molecule has 27 heavy (non-hydrogen) atoms. The van der Waals surface area contributed by atoms with Crippen LogP contribution in [0.5, 0.6) is 0 Å². The third kappa shape index (κ3) is 3.62. The maximum atomic E-state index is 12.6. The number of aromatic nitrogens is 1. The highest BCUT2D eigenvalue weighted by molar-refractivity contribution is 5.91. The summed E-state index contributed by atoms with van der Waals surface area (Å²) in [4.78, 5) is 32.9. The van der Waals surface area contributed by atoms with Gasteiger partial charge in [0.25, 0.3) is 5.91 Å². The number of nitrogen functional groups attached to an aromatic ring is 1. The molecule has 138 valence electrons. The summed E-state index contributed by atoms with van der Waals surface area (Å²) in [6.07, 6.45) is 1.73. The Balaban J connectivity index is 1.37. The first-order valence-corrected chi connectivity index (χ1v) is 8.86. The maximum Gasteiger partial charge on any atom is 0.289 e. The predicted molar refractivity (Wildman–Crippen MR) is 101 cm³/mol. The highest BCUT2D eigenvalue weighted by Gasteiger charge is 2.26. The Kier molecular flexibility index (Phi) is 4.50. The Bertz CT molecular complexity index is 976. The van der Waals surface area contributed by atoms with E-state index in [0.717, 1.165) is 16.6 Å². The smallest absolute Gasteiger partial charge is 0.289 e. The molecule has 2 N–H and O–H groups in total. The van der Waals surface area contributed by atoms with Crippen LogP contribution in [0.3, 0.4) is 0 Å². The van der Waals surface area contributed by atoms with E-state index in [1.807, 2.05) is 24.3 Å². The number of anilines is 1. The monoisotopic (exact) mass is 364 g/mol. The highest BCUT2D eigenvalue weighted by atomic mass is 16.3. The number of benzene rings is 1. The zero-order valence-electron chi connectivity index (χ0n) is 14.8. The Labute approximate surface area is 156 Å². The molecule has 0 radical (unpaired) electrons. The number of carbonyl (C=O) groups is 2. The van der Waals surface area contributed by atoms with Gasteiger partial charge in [0.05, 0.1) is 23.9 Å². The lowest BCUT2D eigenvalue weighted by Crippen LogP contribution is -2.51. The van der Waals surface area contributed by atoms with E-state index in [0.29, 0.717) is 37.6 Å². The van der Waals surface area contributed by atoms with Crippen molar-refractivity contribution in [3.8, 4) is 0 Å². The third-order valence-electron chi connectivity index (χ3n) is 4.75. The number of carbonyl (C=O) groups excluding carboxylic acids is 2. The molecule has 2 amide bonds. The Morgan fingerprint density at radius 3 is 2.56 bits per heavy atom. The minimum atomic E-state index is -0.137. The molecule has 1 saturated heterocycles. The molecule has 4 rings (SSSR count). The van der Waals surface area contributed by atoms with Gasteiger partial charge in [0.2, 0.25) is 5.91 Å². The second kappa shape index (κ2) is 7.11. The number of piperazine rings is 1. The van der Waals surface area contributed by atoms with Gasteiger partial charge < -0.3 is 20.0 Å². The van der Waals surface area contributed by atoms with Crippen LogP contribution >= 0.6 is 0 Å². The van der Waals surface area contributed by atoms with Crippen LogP contribution in [0.25, 0.3) is 10.9 Å². The summed E-state index contributed by atoms with van der Waals surface area (Å²) in [5, 5.41) is 0.955. The van der Waals surface area contributed by atoms with Gasteiger partial charge >= 0.3 is 0 Å². The second-order valence-corrected chi connectivity index (χ2v) is 6.58. The molecule has 3 aromatic rings. The van der Waals surface area contributed by atoms with E-state index in [9.17, 15) is 9.59 Å². The van der Waals surface area contributed by atoms with Crippen molar-refractivity contribution in [1.82, 2.24) is 14.8 Å². The SMILES string of the molecule is Nc1ccc2nc(CC(=O)N3CCN(C(=O)c4ccco4)CC3)ccc2c1. The van der Waals surface area contributed by atoms with Crippen LogP contribution in [0.4, 0.5) is 5.69 Å². The molecule has 1 aliphatic rings. The molecule has 1 fully saturated rings. The fraction of sp³-hybridized carbons (Fsp3) is 0.250. The van der Waals surface area contributed by atoms with Gasteiger partial charge in [0, 0.05) is 37.3 Å². The van der Waals surface area contributed by atoms with E-state index in [1.165, 1.54) is 6.26 Å². The summed E-state index contributed by atoms with van der Waals surface area (Å²) < 4.78 is 5.16. The molecule has 0 atom stereocenters. The van der Waals surface area contributed by atoms with Crippen molar-refractivity contribution < 1.29 is 14.0 Å². The molecule has 7 heteroatoms. The average molecular weight is 364 g/mol. The molecule has 1 aromatic carbocycles. The van der Waals surface area contributed by atoms with Crippen LogP contribution in [0.2, 0.25) is 0 Å². The lowest BCUT2D eigenvalue weighted by molar-refractivity contribution is -0.132. The van der Waals surface area contributed by atoms with Crippen LogP contribution in [-0.4, -0.2) is 52.8 Å². The largest absolute Gasteiger partial charge is 0.459 e. The summed E-state index contributed by atoms with van der Waals surface area (Å²) >= 11 is 0. The number of rotatable bonds is 3. The van der Waals surface area contributed by atoms with Gasteiger partial charge in [-0.15, -0.1) is 0 Å². The number of furan rings is 1. The second-order valence-electron chi connectivity index (χ2n) is 6.58. The summed E-state index contributed by atoms with van der Waals surface area (Å²) in [6.45, 7) is 2.01. The first-order chi connectivity index (χ1) is 13.1. The molecular weight excluding hydrogens is 344 g/mol. The van der Waals surface area contributed by atoms with Crippen molar-refractivity contribution >= 4 is 28.4 Å². The molecule has 0 unspecified atom stereocenters. The van der Waals surface area contributed by atoms with Gasteiger partial charge in [-0.05, 0) is 36.4 Å². The average Bonchev–Trinajstić information content (AvgIpc) is 3.22. The van der Waals surface area contributed by atoms with E-state index >= 15 is 0 Å². The van der Waals surface area contributed by atoms with E-state index < -0.39 is 0 Å². The van der Waals surface area contributed by atoms with Gasteiger partial charge in [0.1, 0.15) is 0 Å². The van der Waals surface area contributed by atoms with Gasteiger partial charge in [-0.2, -0.15) is 0 Å². The number of nitrogens with two attached hydrogens (primary N) is 1. The van der Waals surface area contributed by atoms with Crippen molar-refractivity contribution in [3.63, 3.8) is 0 Å². The van der Waals surface area contributed by atoms with Gasteiger partial charge in [-0.3, -0.25) is 14.6 Å². The topological polar surface area (TPSA) is 92.7 Å². The third-order valence-corrected chi connectivity index (χ3v) is 4.75.